The van der Waals surface area contributed by atoms with Crippen LogP contribution < -0.4 is 11.1 Å². The standard InChI is InChI=1S/C8H13N3S/c9-8(1-2-8)5-10-3-7-4-12-6-11-7/h4,6,10H,1-3,5,9H2. The summed E-state index contributed by atoms with van der Waals surface area (Å²) in [6.45, 7) is 1.77. The first kappa shape index (κ1) is 8.16. The van der Waals surface area contributed by atoms with E-state index in [4.69, 9.17) is 5.73 Å². The number of nitrogens with two attached hydrogens (primary N) is 1. The summed E-state index contributed by atoms with van der Waals surface area (Å²) < 4.78 is 0. The van der Waals surface area contributed by atoms with Crippen LogP contribution in [0.5, 0.6) is 0 Å². The minimum Gasteiger partial charge on any atom is -0.324 e. The first-order valence-electron chi connectivity index (χ1n) is 4.15. The lowest BCUT2D eigenvalue weighted by atomic mass is 10.3. The van der Waals surface area contributed by atoms with E-state index in [0.29, 0.717) is 0 Å². The molecular formula is C8H13N3S. The van der Waals surface area contributed by atoms with E-state index >= 15 is 0 Å². The molecule has 0 spiro atoms. The molecule has 0 radical (unpaired) electrons. The molecule has 0 atom stereocenters. The van der Waals surface area contributed by atoms with Crippen molar-refractivity contribution in [1.82, 2.24) is 10.3 Å². The van der Waals surface area contributed by atoms with E-state index in [2.05, 4.69) is 15.7 Å². The summed E-state index contributed by atoms with van der Waals surface area (Å²) in [7, 11) is 0. The van der Waals surface area contributed by atoms with Gasteiger partial charge in [0.25, 0.3) is 0 Å². The maximum atomic E-state index is 5.91. The molecule has 0 amide bonds. The monoisotopic (exact) mass is 183 g/mol. The summed E-state index contributed by atoms with van der Waals surface area (Å²) in [6, 6.07) is 0. The average molecular weight is 183 g/mol. The van der Waals surface area contributed by atoms with Gasteiger partial charge in [-0.05, 0) is 12.8 Å². The molecule has 66 valence electrons. The van der Waals surface area contributed by atoms with Gasteiger partial charge in [-0.25, -0.2) is 4.98 Å². The molecule has 1 saturated carbocycles. The van der Waals surface area contributed by atoms with Gasteiger partial charge in [-0.3, -0.25) is 0 Å². The smallest absolute Gasteiger partial charge is 0.0795 e. The number of thiazole rings is 1. The number of hydrogen-bond donors (Lipinski definition) is 2. The molecule has 1 fully saturated rings. The normalized spacial score (nSPS) is 19.4. The third kappa shape index (κ3) is 2.03. The van der Waals surface area contributed by atoms with Crippen LogP contribution in [0.4, 0.5) is 0 Å². The quantitative estimate of drug-likeness (QED) is 0.723. The number of nitrogens with one attached hydrogen (secondary N) is 1. The summed E-state index contributed by atoms with van der Waals surface area (Å²) >= 11 is 1.63. The van der Waals surface area contributed by atoms with Crippen LogP contribution in [0.3, 0.4) is 0 Å². The van der Waals surface area contributed by atoms with Crippen LogP contribution >= 0.6 is 11.3 Å². The summed E-state index contributed by atoms with van der Waals surface area (Å²) in [4.78, 5) is 4.17. The summed E-state index contributed by atoms with van der Waals surface area (Å²) in [6.07, 6.45) is 2.33. The molecular weight excluding hydrogens is 170 g/mol. The predicted octanol–water partition coefficient (Wildman–Crippen LogP) is 0.724. The van der Waals surface area contributed by atoms with Crippen molar-refractivity contribution in [2.75, 3.05) is 6.54 Å². The largest absolute Gasteiger partial charge is 0.324 e. The van der Waals surface area contributed by atoms with Gasteiger partial charge in [-0.15, -0.1) is 11.3 Å². The Morgan fingerprint density at radius 2 is 2.50 bits per heavy atom. The van der Waals surface area contributed by atoms with Gasteiger partial charge in [0, 0.05) is 24.0 Å². The second kappa shape index (κ2) is 3.12. The van der Waals surface area contributed by atoms with E-state index in [-0.39, 0.29) is 5.54 Å². The zero-order valence-corrected chi connectivity index (χ0v) is 7.73. The number of rotatable bonds is 4. The molecule has 1 aliphatic rings. The van der Waals surface area contributed by atoms with Crippen molar-refractivity contribution in [3.63, 3.8) is 0 Å². The predicted molar refractivity (Wildman–Crippen MR) is 50.0 cm³/mol. The molecule has 12 heavy (non-hydrogen) atoms. The molecule has 4 heteroatoms. The molecule has 1 aromatic heterocycles. The Morgan fingerprint density at radius 3 is 3.08 bits per heavy atom. The third-order valence-electron chi connectivity index (χ3n) is 2.16. The third-order valence-corrected chi connectivity index (χ3v) is 2.79. The van der Waals surface area contributed by atoms with Crippen LogP contribution in [0.25, 0.3) is 0 Å². The van der Waals surface area contributed by atoms with Crippen molar-refractivity contribution < 1.29 is 0 Å². The zero-order valence-electron chi connectivity index (χ0n) is 6.92. The topological polar surface area (TPSA) is 50.9 Å². The fraction of sp³-hybridized carbons (Fsp3) is 0.625. The number of aromatic nitrogens is 1. The fourth-order valence-corrected chi connectivity index (χ4v) is 1.66. The molecule has 1 aliphatic carbocycles. The number of nitrogens with zero attached hydrogens (tertiary/aromatic N) is 1. The van der Waals surface area contributed by atoms with Crippen LogP contribution in [0.15, 0.2) is 10.9 Å². The van der Waals surface area contributed by atoms with Gasteiger partial charge in [-0.1, -0.05) is 0 Å². The maximum absolute atomic E-state index is 5.91. The first-order chi connectivity index (χ1) is 5.79. The van der Waals surface area contributed by atoms with Gasteiger partial charge in [0.1, 0.15) is 0 Å². The fourth-order valence-electron chi connectivity index (χ4n) is 1.10. The molecule has 0 saturated heterocycles. The second-order valence-electron chi connectivity index (χ2n) is 3.45. The molecule has 1 heterocycles. The first-order valence-corrected chi connectivity index (χ1v) is 5.09. The Bertz CT molecular complexity index is 241. The Kier molecular flexibility index (Phi) is 2.12. The van der Waals surface area contributed by atoms with Crippen molar-refractivity contribution in [3.05, 3.63) is 16.6 Å². The minimum absolute atomic E-state index is 0.107. The molecule has 1 aromatic rings. The van der Waals surface area contributed by atoms with Crippen molar-refractivity contribution >= 4 is 11.3 Å². The van der Waals surface area contributed by atoms with Crippen LogP contribution in [-0.4, -0.2) is 17.1 Å². The van der Waals surface area contributed by atoms with Crippen LogP contribution in [0.1, 0.15) is 18.5 Å². The van der Waals surface area contributed by atoms with Gasteiger partial charge in [0.2, 0.25) is 0 Å². The Balaban J connectivity index is 1.69. The Hall–Kier alpha value is -0.450. The molecule has 0 aromatic carbocycles. The minimum atomic E-state index is 0.107. The highest BCUT2D eigenvalue weighted by molar-refractivity contribution is 7.07. The second-order valence-corrected chi connectivity index (χ2v) is 4.16. The van der Waals surface area contributed by atoms with Gasteiger partial charge in [0.05, 0.1) is 11.2 Å². The molecule has 2 rings (SSSR count). The van der Waals surface area contributed by atoms with Crippen molar-refractivity contribution in [3.8, 4) is 0 Å². The lowest BCUT2D eigenvalue weighted by Gasteiger charge is -2.08. The van der Waals surface area contributed by atoms with Crippen LogP contribution in [0.2, 0.25) is 0 Å². The molecule has 0 aliphatic heterocycles. The lowest BCUT2D eigenvalue weighted by Crippen LogP contribution is -2.35. The molecule has 0 unspecified atom stereocenters. The van der Waals surface area contributed by atoms with E-state index in [1.165, 1.54) is 0 Å². The lowest BCUT2D eigenvalue weighted by molar-refractivity contribution is 0.565. The SMILES string of the molecule is NC1(CNCc2cscn2)CC1. The van der Waals surface area contributed by atoms with E-state index in [9.17, 15) is 0 Å². The summed E-state index contributed by atoms with van der Waals surface area (Å²) in [5.74, 6) is 0. The number of hydrogen-bond acceptors (Lipinski definition) is 4. The van der Waals surface area contributed by atoms with Gasteiger partial charge in [-0.2, -0.15) is 0 Å². The molecule has 3 nitrogen and oxygen atoms in total. The van der Waals surface area contributed by atoms with E-state index in [1.807, 2.05) is 5.51 Å². The summed E-state index contributed by atoms with van der Waals surface area (Å²) in [5, 5.41) is 5.37. The van der Waals surface area contributed by atoms with Crippen molar-refractivity contribution in [2.45, 2.75) is 24.9 Å². The van der Waals surface area contributed by atoms with Gasteiger partial charge >= 0.3 is 0 Å². The Labute approximate surface area is 76.0 Å². The zero-order chi connectivity index (χ0) is 8.44. The maximum Gasteiger partial charge on any atom is 0.0795 e. The van der Waals surface area contributed by atoms with E-state index in [1.54, 1.807) is 11.3 Å². The highest BCUT2D eigenvalue weighted by Gasteiger charge is 2.37. The molecule has 3 N–H and O–H groups in total. The van der Waals surface area contributed by atoms with E-state index < -0.39 is 0 Å². The van der Waals surface area contributed by atoms with Crippen LogP contribution in [-0.2, 0) is 6.54 Å². The van der Waals surface area contributed by atoms with Crippen LogP contribution in [0, 0.1) is 0 Å². The van der Waals surface area contributed by atoms with Gasteiger partial charge in [0.15, 0.2) is 0 Å². The summed E-state index contributed by atoms with van der Waals surface area (Å²) in [5.41, 5.74) is 8.98. The van der Waals surface area contributed by atoms with Gasteiger partial charge < -0.3 is 11.1 Å². The molecule has 0 bridgehead atoms. The highest BCUT2D eigenvalue weighted by atomic mass is 32.1. The van der Waals surface area contributed by atoms with E-state index in [0.717, 1.165) is 31.6 Å². The Morgan fingerprint density at radius 1 is 1.67 bits per heavy atom. The highest BCUT2D eigenvalue weighted by Crippen LogP contribution is 2.30. The average Bonchev–Trinajstić information content (AvgIpc) is 2.61. The van der Waals surface area contributed by atoms with Crippen molar-refractivity contribution in [1.29, 1.82) is 0 Å². The van der Waals surface area contributed by atoms with Crippen molar-refractivity contribution in [2.24, 2.45) is 5.73 Å².